The molecule has 1 aromatic rings. The summed E-state index contributed by atoms with van der Waals surface area (Å²) in [6.45, 7) is 5.01. The lowest BCUT2D eigenvalue weighted by atomic mass is 10.3. The number of rotatable bonds is 5. The van der Waals surface area contributed by atoms with Gasteiger partial charge in [-0.15, -0.1) is 0 Å². The van der Waals surface area contributed by atoms with Crippen LogP contribution >= 0.6 is 0 Å². The highest BCUT2D eigenvalue weighted by Gasteiger charge is 2.15. The predicted molar refractivity (Wildman–Crippen MR) is 63.1 cm³/mol. The van der Waals surface area contributed by atoms with Gasteiger partial charge in [-0.1, -0.05) is 0 Å². The summed E-state index contributed by atoms with van der Waals surface area (Å²) < 4.78 is 26.0. The van der Waals surface area contributed by atoms with E-state index in [-0.39, 0.29) is 5.03 Å². The van der Waals surface area contributed by atoms with Gasteiger partial charge in [0.2, 0.25) is 0 Å². The predicted octanol–water partition coefficient (Wildman–Crippen LogP) is -1.41. The third-order valence-electron chi connectivity index (χ3n) is 2.69. The average molecular weight is 259 g/mol. The molecule has 0 bridgehead atoms. The number of nitrogens with one attached hydrogen (secondary N) is 3. The molecule has 7 nitrogen and oxygen atoms in total. The minimum Gasteiger partial charge on any atom is -0.335 e. The maximum Gasteiger partial charge on any atom is 0.257 e. The first-order chi connectivity index (χ1) is 8.18. The molecule has 96 valence electrons. The van der Waals surface area contributed by atoms with E-state index in [9.17, 15) is 8.42 Å². The van der Waals surface area contributed by atoms with E-state index in [2.05, 4.69) is 24.9 Å². The van der Waals surface area contributed by atoms with Crippen molar-refractivity contribution < 1.29 is 8.42 Å². The second kappa shape index (κ2) is 5.58. The van der Waals surface area contributed by atoms with Crippen LogP contribution in [0.1, 0.15) is 0 Å². The zero-order valence-corrected chi connectivity index (χ0v) is 10.3. The molecule has 1 saturated heterocycles. The summed E-state index contributed by atoms with van der Waals surface area (Å²) in [4.78, 5) is 8.50. The molecule has 1 fully saturated rings. The fraction of sp³-hybridized carbons (Fsp3) is 0.667. The number of imidazole rings is 1. The van der Waals surface area contributed by atoms with Gasteiger partial charge in [0, 0.05) is 39.3 Å². The number of sulfonamides is 1. The summed E-state index contributed by atoms with van der Waals surface area (Å²) in [5.74, 6) is 0. The summed E-state index contributed by atoms with van der Waals surface area (Å²) in [5.41, 5.74) is 0. The summed E-state index contributed by atoms with van der Waals surface area (Å²) in [7, 11) is -3.43. The monoisotopic (exact) mass is 259 g/mol. The number of H-pyrrole nitrogens is 1. The lowest BCUT2D eigenvalue weighted by molar-refractivity contribution is 0.245. The molecule has 0 aromatic carbocycles. The van der Waals surface area contributed by atoms with Gasteiger partial charge in [0.1, 0.15) is 0 Å². The Balaban J connectivity index is 1.78. The van der Waals surface area contributed by atoms with Crippen molar-refractivity contribution in [2.75, 3.05) is 39.3 Å². The second-order valence-corrected chi connectivity index (χ2v) is 5.64. The number of aromatic amines is 1. The fourth-order valence-corrected chi connectivity index (χ4v) is 2.66. The Morgan fingerprint density at radius 1 is 1.41 bits per heavy atom. The van der Waals surface area contributed by atoms with E-state index >= 15 is 0 Å². The lowest BCUT2D eigenvalue weighted by Gasteiger charge is -2.26. The molecular formula is C9H17N5O2S. The molecule has 1 aromatic heterocycles. The van der Waals surface area contributed by atoms with Crippen molar-refractivity contribution in [3.05, 3.63) is 12.5 Å². The molecule has 0 unspecified atom stereocenters. The summed E-state index contributed by atoms with van der Waals surface area (Å²) in [5, 5.41) is 3.36. The van der Waals surface area contributed by atoms with Gasteiger partial charge in [0.25, 0.3) is 10.0 Å². The number of piperazine rings is 1. The van der Waals surface area contributed by atoms with Crippen molar-refractivity contribution in [2.24, 2.45) is 0 Å². The van der Waals surface area contributed by atoms with Gasteiger partial charge >= 0.3 is 0 Å². The van der Waals surface area contributed by atoms with Crippen molar-refractivity contribution in [3.8, 4) is 0 Å². The van der Waals surface area contributed by atoms with E-state index in [4.69, 9.17) is 0 Å². The second-order valence-electron chi connectivity index (χ2n) is 3.91. The Morgan fingerprint density at radius 3 is 2.82 bits per heavy atom. The molecule has 2 heterocycles. The van der Waals surface area contributed by atoms with Crippen molar-refractivity contribution in [3.63, 3.8) is 0 Å². The zero-order chi connectivity index (χ0) is 12.1. The van der Waals surface area contributed by atoms with Gasteiger partial charge in [-0.05, 0) is 0 Å². The topological polar surface area (TPSA) is 90.1 Å². The van der Waals surface area contributed by atoms with Crippen LogP contribution in [0.4, 0.5) is 0 Å². The Labute approximate surface area is 101 Å². The molecule has 0 radical (unpaired) electrons. The molecule has 0 atom stereocenters. The molecule has 17 heavy (non-hydrogen) atoms. The minimum absolute atomic E-state index is 0.109. The van der Waals surface area contributed by atoms with E-state index in [1.165, 1.54) is 12.5 Å². The Kier molecular flexibility index (Phi) is 4.11. The first-order valence-electron chi connectivity index (χ1n) is 5.59. The van der Waals surface area contributed by atoms with Crippen molar-refractivity contribution in [1.82, 2.24) is 24.9 Å². The van der Waals surface area contributed by atoms with Gasteiger partial charge in [-0.3, -0.25) is 4.90 Å². The van der Waals surface area contributed by atoms with E-state index in [0.29, 0.717) is 6.54 Å². The fourth-order valence-electron chi connectivity index (χ4n) is 1.74. The molecule has 1 aliphatic heterocycles. The van der Waals surface area contributed by atoms with Gasteiger partial charge in [-0.25, -0.2) is 18.1 Å². The Bertz CT molecular complexity index is 424. The van der Waals surface area contributed by atoms with Gasteiger partial charge < -0.3 is 10.3 Å². The zero-order valence-electron chi connectivity index (χ0n) is 9.52. The minimum atomic E-state index is -3.43. The highest BCUT2D eigenvalue weighted by atomic mass is 32.2. The molecule has 0 amide bonds. The van der Waals surface area contributed by atoms with E-state index in [0.717, 1.165) is 32.7 Å². The van der Waals surface area contributed by atoms with E-state index in [1.807, 2.05) is 0 Å². The summed E-state index contributed by atoms with van der Waals surface area (Å²) in [6.07, 6.45) is 2.65. The molecular weight excluding hydrogens is 242 g/mol. The largest absolute Gasteiger partial charge is 0.335 e. The van der Waals surface area contributed by atoms with Crippen molar-refractivity contribution >= 4 is 10.0 Å². The van der Waals surface area contributed by atoms with Gasteiger partial charge in [0.05, 0.1) is 12.5 Å². The smallest absolute Gasteiger partial charge is 0.257 e. The highest BCUT2D eigenvalue weighted by molar-refractivity contribution is 7.89. The van der Waals surface area contributed by atoms with Crippen LogP contribution < -0.4 is 10.0 Å². The Morgan fingerprint density at radius 2 is 2.18 bits per heavy atom. The standard InChI is InChI=1S/C9H17N5O2S/c15-17(16,9-7-11-8-12-9)13-3-6-14-4-1-10-2-5-14/h7-8,10,13H,1-6H2,(H,11,12). The average Bonchev–Trinajstić information content (AvgIpc) is 2.84. The van der Waals surface area contributed by atoms with Crippen LogP contribution in [0.15, 0.2) is 17.6 Å². The summed E-state index contributed by atoms with van der Waals surface area (Å²) in [6, 6.07) is 0. The first-order valence-corrected chi connectivity index (χ1v) is 7.08. The molecule has 3 N–H and O–H groups in total. The van der Waals surface area contributed by atoms with Crippen LogP contribution in [-0.2, 0) is 10.0 Å². The van der Waals surface area contributed by atoms with E-state index < -0.39 is 10.0 Å². The summed E-state index contributed by atoms with van der Waals surface area (Å²) >= 11 is 0. The molecule has 8 heteroatoms. The Hall–Kier alpha value is -0.960. The van der Waals surface area contributed by atoms with Crippen LogP contribution in [-0.4, -0.2) is 62.6 Å². The highest BCUT2D eigenvalue weighted by Crippen LogP contribution is 2.01. The lowest BCUT2D eigenvalue weighted by Crippen LogP contribution is -2.46. The molecule has 0 saturated carbocycles. The van der Waals surface area contributed by atoms with Crippen molar-refractivity contribution in [1.29, 1.82) is 0 Å². The third-order valence-corrected chi connectivity index (χ3v) is 4.08. The van der Waals surface area contributed by atoms with Gasteiger partial charge in [0.15, 0.2) is 5.03 Å². The SMILES string of the molecule is O=S(=O)(NCCN1CCNCC1)c1cnc[nH]1. The molecule has 2 rings (SSSR count). The van der Waals surface area contributed by atoms with Crippen molar-refractivity contribution in [2.45, 2.75) is 5.03 Å². The molecule has 0 spiro atoms. The van der Waals surface area contributed by atoms with Crippen LogP contribution in [0.3, 0.4) is 0 Å². The normalized spacial score (nSPS) is 18.4. The number of nitrogens with zero attached hydrogens (tertiary/aromatic N) is 2. The van der Waals surface area contributed by atoms with E-state index in [1.54, 1.807) is 0 Å². The van der Waals surface area contributed by atoms with Crippen LogP contribution in [0.2, 0.25) is 0 Å². The third kappa shape index (κ3) is 3.50. The number of hydrogen-bond donors (Lipinski definition) is 3. The molecule has 1 aliphatic rings. The molecule has 0 aliphatic carbocycles. The first kappa shape index (κ1) is 12.5. The number of hydrogen-bond acceptors (Lipinski definition) is 5. The maximum absolute atomic E-state index is 11.7. The van der Waals surface area contributed by atoms with Crippen LogP contribution in [0, 0.1) is 0 Å². The maximum atomic E-state index is 11.7. The van der Waals surface area contributed by atoms with Crippen LogP contribution in [0.5, 0.6) is 0 Å². The van der Waals surface area contributed by atoms with Crippen LogP contribution in [0.25, 0.3) is 0 Å². The quantitative estimate of drug-likeness (QED) is 0.604. The number of aromatic nitrogens is 2. The van der Waals surface area contributed by atoms with Gasteiger partial charge in [-0.2, -0.15) is 0 Å².